The van der Waals surface area contributed by atoms with Crippen LogP contribution in [0.4, 0.5) is 0 Å². The third-order valence-electron chi connectivity index (χ3n) is 2.28. The van der Waals surface area contributed by atoms with Gasteiger partial charge in [0.1, 0.15) is 0 Å². The molecule has 1 fully saturated rings. The fraction of sp³-hybridized carbons (Fsp3) is 0.400. The monoisotopic (exact) mass is 208 g/mol. The minimum atomic E-state index is 0.548. The highest BCUT2D eigenvalue weighted by atomic mass is 32.1. The van der Waals surface area contributed by atoms with Gasteiger partial charge in [-0.1, -0.05) is 6.07 Å². The van der Waals surface area contributed by atoms with Gasteiger partial charge in [0.05, 0.1) is 6.54 Å². The van der Waals surface area contributed by atoms with E-state index in [0.717, 1.165) is 26.1 Å². The van der Waals surface area contributed by atoms with Gasteiger partial charge in [0, 0.05) is 18.0 Å². The Bertz CT molecular complexity index is 288. The van der Waals surface area contributed by atoms with Crippen molar-refractivity contribution in [3.63, 3.8) is 0 Å². The molecule has 0 aromatic carbocycles. The van der Waals surface area contributed by atoms with E-state index in [9.17, 15) is 0 Å². The highest BCUT2D eigenvalue weighted by Crippen LogP contribution is 2.09. The summed E-state index contributed by atoms with van der Waals surface area (Å²) in [6.07, 6.45) is 3.31. The Hall–Kier alpha value is -1.03. The van der Waals surface area contributed by atoms with Crippen molar-refractivity contribution in [2.45, 2.75) is 13.0 Å². The van der Waals surface area contributed by atoms with Crippen molar-refractivity contribution in [3.05, 3.63) is 28.8 Å². The normalized spacial score (nSPS) is 15.9. The molecular formula is C10H14N3S. The van der Waals surface area contributed by atoms with Crippen LogP contribution in [0.5, 0.6) is 0 Å². The van der Waals surface area contributed by atoms with Crippen molar-refractivity contribution in [2.24, 2.45) is 0 Å². The zero-order chi connectivity index (χ0) is 9.80. The first-order chi connectivity index (χ1) is 6.86. The van der Waals surface area contributed by atoms with Crippen LogP contribution in [-0.4, -0.2) is 23.9 Å². The van der Waals surface area contributed by atoms with Crippen LogP contribution < -0.4 is 5.32 Å². The summed E-state index contributed by atoms with van der Waals surface area (Å²) < 4.78 is 0. The molecule has 3 nitrogen and oxygen atoms in total. The van der Waals surface area contributed by atoms with E-state index in [4.69, 9.17) is 5.41 Å². The lowest BCUT2D eigenvalue weighted by molar-refractivity contribution is 0.497. The maximum Gasteiger partial charge on any atom is 0.191 e. The van der Waals surface area contributed by atoms with Crippen LogP contribution in [0.15, 0.2) is 17.5 Å². The summed E-state index contributed by atoms with van der Waals surface area (Å²) >= 11 is 1.72. The van der Waals surface area contributed by atoms with Crippen LogP contribution in [0.25, 0.3) is 0 Å². The SMILES string of the molecule is N=C(NCc1cccs1)N1C[CH]CC1. The lowest BCUT2D eigenvalue weighted by Crippen LogP contribution is -2.38. The quantitative estimate of drug-likeness (QED) is 0.573. The first-order valence-electron chi connectivity index (χ1n) is 4.77. The summed E-state index contributed by atoms with van der Waals surface area (Å²) in [5.41, 5.74) is 0. The fourth-order valence-electron chi connectivity index (χ4n) is 1.48. The van der Waals surface area contributed by atoms with Crippen molar-refractivity contribution in [2.75, 3.05) is 13.1 Å². The van der Waals surface area contributed by atoms with Crippen molar-refractivity contribution >= 4 is 17.3 Å². The number of guanidine groups is 1. The van der Waals surface area contributed by atoms with E-state index in [-0.39, 0.29) is 0 Å². The molecule has 1 aromatic rings. The second-order valence-electron chi connectivity index (χ2n) is 3.30. The predicted octanol–water partition coefficient (Wildman–Crippen LogP) is 1.68. The third kappa shape index (κ3) is 2.26. The van der Waals surface area contributed by atoms with Crippen LogP contribution in [0.2, 0.25) is 0 Å². The lowest BCUT2D eigenvalue weighted by atomic mass is 10.4. The molecule has 0 unspecified atom stereocenters. The Kier molecular flexibility index (Phi) is 3.03. The van der Waals surface area contributed by atoms with Crippen molar-refractivity contribution in [1.29, 1.82) is 5.41 Å². The van der Waals surface area contributed by atoms with E-state index in [1.165, 1.54) is 4.88 Å². The average Bonchev–Trinajstić information content (AvgIpc) is 2.87. The zero-order valence-electron chi connectivity index (χ0n) is 7.99. The topological polar surface area (TPSA) is 39.1 Å². The Morgan fingerprint density at radius 3 is 3.21 bits per heavy atom. The van der Waals surface area contributed by atoms with Gasteiger partial charge in [-0.05, 0) is 24.3 Å². The second kappa shape index (κ2) is 4.46. The standard InChI is InChI=1S/C10H14N3S/c11-10(13-5-1-2-6-13)12-8-9-4-3-7-14-9/h1,3-4,7H,2,5-6,8H2,(H2,11,12). The Balaban J connectivity index is 1.77. The van der Waals surface area contributed by atoms with Gasteiger partial charge in [-0.15, -0.1) is 11.3 Å². The van der Waals surface area contributed by atoms with E-state index in [1.807, 2.05) is 11.0 Å². The number of nitrogens with one attached hydrogen (secondary N) is 2. The molecule has 0 amide bonds. The van der Waals surface area contributed by atoms with E-state index >= 15 is 0 Å². The molecule has 1 aromatic heterocycles. The first kappa shape index (κ1) is 9.52. The molecule has 1 aliphatic rings. The molecule has 2 rings (SSSR count). The van der Waals surface area contributed by atoms with Gasteiger partial charge >= 0.3 is 0 Å². The number of thiophene rings is 1. The number of nitrogens with zero attached hydrogens (tertiary/aromatic N) is 1. The maximum atomic E-state index is 7.79. The summed E-state index contributed by atoms with van der Waals surface area (Å²) in [4.78, 5) is 3.33. The minimum absolute atomic E-state index is 0.548. The highest BCUT2D eigenvalue weighted by Gasteiger charge is 2.14. The van der Waals surface area contributed by atoms with Crippen LogP contribution in [0.1, 0.15) is 11.3 Å². The van der Waals surface area contributed by atoms with Gasteiger partial charge in [-0.25, -0.2) is 0 Å². The van der Waals surface area contributed by atoms with Gasteiger partial charge < -0.3 is 10.2 Å². The van der Waals surface area contributed by atoms with Gasteiger partial charge in [0.15, 0.2) is 5.96 Å². The Labute approximate surface area is 88.3 Å². The average molecular weight is 208 g/mol. The third-order valence-corrected chi connectivity index (χ3v) is 3.16. The van der Waals surface area contributed by atoms with Crippen molar-refractivity contribution in [1.82, 2.24) is 10.2 Å². The fourth-order valence-corrected chi connectivity index (χ4v) is 2.13. The smallest absolute Gasteiger partial charge is 0.191 e. The molecule has 2 N–H and O–H groups in total. The van der Waals surface area contributed by atoms with Gasteiger partial charge in [-0.2, -0.15) is 0 Å². The summed E-state index contributed by atoms with van der Waals surface area (Å²) in [5, 5.41) is 13.0. The molecule has 1 aliphatic heterocycles. The lowest BCUT2D eigenvalue weighted by Gasteiger charge is -2.18. The Morgan fingerprint density at radius 1 is 1.64 bits per heavy atom. The Morgan fingerprint density at radius 2 is 2.57 bits per heavy atom. The molecule has 0 saturated carbocycles. The molecular weight excluding hydrogens is 194 g/mol. The number of hydrogen-bond donors (Lipinski definition) is 2. The molecule has 4 heteroatoms. The number of hydrogen-bond acceptors (Lipinski definition) is 2. The van der Waals surface area contributed by atoms with Crippen LogP contribution >= 0.6 is 11.3 Å². The highest BCUT2D eigenvalue weighted by molar-refractivity contribution is 7.09. The molecule has 14 heavy (non-hydrogen) atoms. The molecule has 0 bridgehead atoms. The summed E-state index contributed by atoms with van der Waals surface area (Å²) in [6.45, 7) is 2.67. The van der Waals surface area contributed by atoms with E-state index in [2.05, 4.69) is 23.2 Å². The number of likely N-dealkylation sites (tertiary alicyclic amines) is 1. The molecule has 1 saturated heterocycles. The maximum absolute atomic E-state index is 7.79. The van der Waals surface area contributed by atoms with E-state index < -0.39 is 0 Å². The zero-order valence-corrected chi connectivity index (χ0v) is 8.81. The van der Waals surface area contributed by atoms with E-state index in [1.54, 1.807) is 11.3 Å². The van der Waals surface area contributed by atoms with Gasteiger partial charge in [0.2, 0.25) is 0 Å². The largest absolute Gasteiger partial charge is 0.352 e. The van der Waals surface area contributed by atoms with Crippen LogP contribution in [-0.2, 0) is 6.54 Å². The summed E-state index contributed by atoms with van der Waals surface area (Å²) in [7, 11) is 0. The van der Waals surface area contributed by atoms with Gasteiger partial charge in [-0.3, -0.25) is 5.41 Å². The predicted molar refractivity (Wildman–Crippen MR) is 59.4 cm³/mol. The van der Waals surface area contributed by atoms with Gasteiger partial charge in [0.25, 0.3) is 0 Å². The van der Waals surface area contributed by atoms with Crippen LogP contribution in [0.3, 0.4) is 0 Å². The van der Waals surface area contributed by atoms with Crippen LogP contribution in [0, 0.1) is 11.8 Å². The summed E-state index contributed by atoms with van der Waals surface area (Å²) in [5.74, 6) is 0.548. The number of rotatable bonds is 2. The minimum Gasteiger partial charge on any atom is -0.352 e. The molecule has 0 spiro atoms. The van der Waals surface area contributed by atoms with Crippen molar-refractivity contribution < 1.29 is 0 Å². The molecule has 0 aliphatic carbocycles. The molecule has 2 heterocycles. The molecule has 0 atom stereocenters. The first-order valence-corrected chi connectivity index (χ1v) is 5.65. The molecule has 1 radical (unpaired) electrons. The molecule has 75 valence electrons. The van der Waals surface area contributed by atoms with Crippen molar-refractivity contribution in [3.8, 4) is 0 Å². The summed E-state index contributed by atoms with van der Waals surface area (Å²) in [6, 6.07) is 4.12. The van der Waals surface area contributed by atoms with E-state index in [0.29, 0.717) is 5.96 Å². The second-order valence-corrected chi connectivity index (χ2v) is 4.34.